The largest absolute Gasteiger partial charge is 0.508 e. The number of ketones is 1. The van der Waals surface area contributed by atoms with Crippen molar-refractivity contribution in [3.05, 3.63) is 23.8 Å². The molecule has 0 unspecified atom stereocenters. The van der Waals surface area contributed by atoms with Gasteiger partial charge < -0.3 is 10.2 Å². The van der Waals surface area contributed by atoms with Crippen molar-refractivity contribution in [1.29, 1.82) is 0 Å². The van der Waals surface area contributed by atoms with E-state index in [1.807, 2.05) is 0 Å². The molecule has 0 saturated carbocycles. The maximum Gasteiger partial charge on any atom is 0.240 e. The number of carbonyl (C=O) groups excluding carboxylic acids is 3. The van der Waals surface area contributed by atoms with Crippen molar-refractivity contribution in [2.75, 3.05) is 19.6 Å². The van der Waals surface area contributed by atoms with Gasteiger partial charge in [0.1, 0.15) is 11.5 Å². The van der Waals surface area contributed by atoms with Crippen LogP contribution < -0.4 is 5.32 Å². The number of amides is 2. The summed E-state index contributed by atoms with van der Waals surface area (Å²) in [4.78, 5) is 35.6. The van der Waals surface area contributed by atoms with E-state index < -0.39 is 17.6 Å². The lowest BCUT2D eigenvalue weighted by atomic mass is 10.1. The molecule has 0 aromatic heterocycles. The normalized spacial score (nSPS) is 16.2. The van der Waals surface area contributed by atoms with E-state index in [0.717, 1.165) is 6.07 Å². The fraction of sp³-hybridized carbons (Fsp3) is 0.250. The number of nitrogens with one attached hydrogen (secondary N) is 1. The highest BCUT2D eigenvalue weighted by Gasteiger charge is 2.25. The van der Waals surface area contributed by atoms with Gasteiger partial charge in [-0.2, -0.15) is 0 Å². The van der Waals surface area contributed by atoms with Crippen molar-refractivity contribution in [2.24, 2.45) is 0 Å². The van der Waals surface area contributed by atoms with Crippen molar-refractivity contribution in [3.8, 4) is 11.5 Å². The van der Waals surface area contributed by atoms with Crippen molar-refractivity contribution >= 4 is 17.6 Å². The van der Waals surface area contributed by atoms with E-state index >= 15 is 0 Å². The summed E-state index contributed by atoms with van der Waals surface area (Å²) in [7, 11) is 0. The summed E-state index contributed by atoms with van der Waals surface area (Å²) in [5, 5.41) is 20.8. The van der Waals surface area contributed by atoms with Gasteiger partial charge in [0, 0.05) is 6.07 Å². The Kier molecular flexibility index (Phi) is 3.48. The topological polar surface area (TPSA) is 107 Å². The highest BCUT2D eigenvalue weighted by atomic mass is 16.3. The molecule has 7 nitrogen and oxygen atoms in total. The Bertz CT molecular complexity index is 539. The second-order valence-electron chi connectivity index (χ2n) is 4.24. The minimum absolute atomic E-state index is 0.0382. The number of hydrogen-bond acceptors (Lipinski definition) is 6. The van der Waals surface area contributed by atoms with Crippen molar-refractivity contribution in [1.82, 2.24) is 10.2 Å². The van der Waals surface area contributed by atoms with Crippen LogP contribution in [-0.2, 0) is 9.59 Å². The Hall–Kier alpha value is -2.41. The fourth-order valence-electron chi connectivity index (χ4n) is 1.85. The molecule has 0 radical (unpaired) electrons. The fourth-order valence-corrected chi connectivity index (χ4v) is 1.85. The number of Topliss-reactive ketones (excluding diaryl/α,β-unsaturated/α-hetero) is 1. The molecule has 2 rings (SSSR count). The van der Waals surface area contributed by atoms with E-state index in [4.69, 9.17) is 5.11 Å². The first-order valence-corrected chi connectivity index (χ1v) is 5.56. The molecule has 100 valence electrons. The molecule has 1 aliphatic heterocycles. The zero-order valence-corrected chi connectivity index (χ0v) is 9.92. The number of phenolic OH excluding ortho intramolecular Hbond substituents is 2. The summed E-state index contributed by atoms with van der Waals surface area (Å²) in [5.74, 6) is -1.84. The van der Waals surface area contributed by atoms with Gasteiger partial charge in [0.2, 0.25) is 11.8 Å². The van der Waals surface area contributed by atoms with Gasteiger partial charge in [-0.05, 0) is 12.1 Å². The molecule has 3 N–H and O–H groups in total. The molecule has 19 heavy (non-hydrogen) atoms. The average molecular weight is 264 g/mol. The monoisotopic (exact) mass is 264 g/mol. The number of hydrogen-bond donors (Lipinski definition) is 3. The quantitative estimate of drug-likeness (QED) is 0.489. The van der Waals surface area contributed by atoms with Crippen LogP contribution in [0.4, 0.5) is 0 Å². The maximum absolute atomic E-state index is 11.9. The van der Waals surface area contributed by atoms with E-state index in [2.05, 4.69) is 5.32 Å². The highest BCUT2D eigenvalue weighted by Crippen LogP contribution is 2.23. The Morgan fingerprint density at radius 3 is 2.42 bits per heavy atom. The highest BCUT2D eigenvalue weighted by molar-refractivity contribution is 6.03. The van der Waals surface area contributed by atoms with Crippen LogP contribution >= 0.6 is 0 Å². The van der Waals surface area contributed by atoms with Gasteiger partial charge in [-0.25, -0.2) is 0 Å². The van der Waals surface area contributed by atoms with Crippen molar-refractivity contribution in [2.45, 2.75) is 0 Å². The van der Waals surface area contributed by atoms with Crippen LogP contribution in [0.2, 0.25) is 0 Å². The molecule has 1 fully saturated rings. The molecular formula is C12H12N2O5. The minimum Gasteiger partial charge on any atom is -0.508 e. The first-order valence-electron chi connectivity index (χ1n) is 5.56. The molecule has 1 aromatic carbocycles. The Morgan fingerprint density at radius 2 is 1.84 bits per heavy atom. The van der Waals surface area contributed by atoms with Crippen LogP contribution in [0, 0.1) is 0 Å². The third-order valence-electron chi connectivity index (χ3n) is 2.66. The Morgan fingerprint density at radius 1 is 1.21 bits per heavy atom. The molecule has 7 heteroatoms. The van der Waals surface area contributed by atoms with Gasteiger partial charge in [0.05, 0.1) is 25.2 Å². The number of nitrogens with zero attached hydrogens (tertiary/aromatic N) is 1. The molecule has 1 saturated heterocycles. The number of imide groups is 1. The lowest BCUT2D eigenvalue weighted by molar-refractivity contribution is -0.135. The van der Waals surface area contributed by atoms with Gasteiger partial charge in [0.25, 0.3) is 0 Å². The van der Waals surface area contributed by atoms with E-state index in [1.54, 1.807) is 0 Å². The first-order chi connectivity index (χ1) is 8.95. The molecule has 2 amide bonds. The number of phenols is 2. The zero-order valence-electron chi connectivity index (χ0n) is 9.92. The summed E-state index contributed by atoms with van der Waals surface area (Å²) in [6, 6.07) is 3.63. The first kappa shape index (κ1) is 13.0. The van der Waals surface area contributed by atoms with Gasteiger partial charge in [-0.1, -0.05) is 0 Å². The third kappa shape index (κ3) is 3.08. The summed E-state index contributed by atoms with van der Waals surface area (Å²) in [6.45, 7) is -0.246. The van der Waals surface area contributed by atoms with E-state index in [1.165, 1.54) is 17.0 Å². The molecular weight excluding hydrogens is 252 g/mol. The third-order valence-corrected chi connectivity index (χ3v) is 2.66. The van der Waals surface area contributed by atoms with Gasteiger partial charge in [-0.15, -0.1) is 0 Å². The second kappa shape index (κ2) is 5.07. The standard InChI is InChI=1S/C12H12N2O5/c15-7-1-2-8(9(16)3-7)10(17)4-14-5-11(18)13-12(19)6-14/h1-3,15-16H,4-6H2,(H,13,18,19). The number of rotatable bonds is 3. The van der Waals surface area contributed by atoms with E-state index in [-0.39, 0.29) is 36.7 Å². The van der Waals surface area contributed by atoms with Gasteiger partial charge in [-0.3, -0.25) is 24.6 Å². The van der Waals surface area contributed by atoms with Crippen LogP contribution in [0.15, 0.2) is 18.2 Å². The molecule has 1 heterocycles. The molecule has 0 spiro atoms. The average Bonchev–Trinajstić information content (AvgIpc) is 2.26. The summed E-state index contributed by atoms with van der Waals surface area (Å²) >= 11 is 0. The van der Waals surface area contributed by atoms with Crippen LogP contribution in [0.5, 0.6) is 11.5 Å². The SMILES string of the molecule is O=C1CN(CC(=O)c2ccc(O)cc2O)CC(=O)N1. The predicted octanol–water partition coefficient (Wildman–Crippen LogP) is -0.761. The predicted molar refractivity (Wildman–Crippen MR) is 63.7 cm³/mol. The minimum atomic E-state index is -0.459. The van der Waals surface area contributed by atoms with Crippen LogP contribution in [-0.4, -0.2) is 52.3 Å². The second-order valence-corrected chi connectivity index (χ2v) is 4.24. The number of carbonyl (C=O) groups is 3. The van der Waals surface area contributed by atoms with Crippen LogP contribution in [0.3, 0.4) is 0 Å². The summed E-state index contributed by atoms with van der Waals surface area (Å²) < 4.78 is 0. The Balaban J connectivity index is 2.08. The van der Waals surface area contributed by atoms with Crippen LogP contribution in [0.25, 0.3) is 0 Å². The molecule has 0 aliphatic carbocycles. The van der Waals surface area contributed by atoms with Crippen LogP contribution in [0.1, 0.15) is 10.4 Å². The Labute approximate surface area is 108 Å². The maximum atomic E-state index is 11.9. The zero-order chi connectivity index (χ0) is 14.0. The molecule has 0 atom stereocenters. The smallest absolute Gasteiger partial charge is 0.240 e. The summed E-state index contributed by atoms with van der Waals surface area (Å²) in [6.07, 6.45) is 0. The number of piperazine rings is 1. The van der Waals surface area contributed by atoms with Gasteiger partial charge >= 0.3 is 0 Å². The lowest BCUT2D eigenvalue weighted by Crippen LogP contribution is -2.52. The van der Waals surface area contributed by atoms with E-state index in [0.29, 0.717) is 0 Å². The van der Waals surface area contributed by atoms with Gasteiger partial charge in [0.15, 0.2) is 5.78 Å². The molecule has 0 bridgehead atoms. The van der Waals surface area contributed by atoms with E-state index in [9.17, 15) is 19.5 Å². The van der Waals surface area contributed by atoms with Crippen molar-refractivity contribution in [3.63, 3.8) is 0 Å². The number of benzene rings is 1. The summed E-state index contributed by atoms with van der Waals surface area (Å²) in [5.41, 5.74) is 0.0382. The van der Waals surface area contributed by atoms with Crippen molar-refractivity contribution < 1.29 is 24.6 Å². The molecule has 1 aromatic rings. The lowest BCUT2D eigenvalue weighted by Gasteiger charge is -2.24. The molecule has 1 aliphatic rings. The number of aromatic hydroxyl groups is 2.